The molecule has 0 radical (unpaired) electrons. The molecular formula is C18H18F3N4O4+. The zero-order valence-electron chi connectivity index (χ0n) is 15.2. The van der Waals surface area contributed by atoms with E-state index in [0.717, 1.165) is 12.1 Å². The molecule has 2 aromatic rings. The van der Waals surface area contributed by atoms with E-state index in [9.17, 15) is 32.9 Å². The van der Waals surface area contributed by atoms with Crippen molar-refractivity contribution in [1.82, 2.24) is 0 Å². The molecule has 0 heterocycles. The molecule has 0 saturated heterocycles. The largest absolute Gasteiger partial charge is 0.418 e. The molecule has 0 fully saturated rings. The van der Waals surface area contributed by atoms with Crippen molar-refractivity contribution in [3.8, 4) is 0 Å². The Labute approximate surface area is 163 Å². The van der Waals surface area contributed by atoms with Crippen LogP contribution in [0.3, 0.4) is 0 Å². The highest BCUT2D eigenvalue weighted by Crippen LogP contribution is 2.34. The zero-order valence-corrected chi connectivity index (χ0v) is 15.2. The predicted octanol–water partition coefficient (Wildman–Crippen LogP) is 1.71. The summed E-state index contributed by atoms with van der Waals surface area (Å²) >= 11 is 0. The molecular weight excluding hydrogens is 393 g/mol. The van der Waals surface area contributed by atoms with Crippen molar-refractivity contribution in [3.63, 3.8) is 0 Å². The van der Waals surface area contributed by atoms with Gasteiger partial charge in [-0.15, -0.1) is 0 Å². The lowest BCUT2D eigenvalue weighted by Gasteiger charge is -2.16. The smallest absolute Gasteiger partial charge is 0.322 e. The first-order chi connectivity index (χ1) is 13.6. The van der Waals surface area contributed by atoms with E-state index in [0.29, 0.717) is 4.90 Å². The Morgan fingerprint density at radius 3 is 2.00 bits per heavy atom. The summed E-state index contributed by atoms with van der Waals surface area (Å²) < 4.78 is 38.9. The number of nitro groups is 1. The van der Waals surface area contributed by atoms with Crippen LogP contribution in [0.4, 0.5) is 30.2 Å². The van der Waals surface area contributed by atoms with E-state index in [1.807, 2.05) is 0 Å². The number of carbonyl (C=O) groups is 2. The molecule has 0 aliphatic carbocycles. The van der Waals surface area contributed by atoms with Crippen molar-refractivity contribution in [1.29, 1.82) is 0 Å². The lowest BCUT2D eigenvalue weighted by Crippen LogP contribution is -3.11. The van der Waals surface area contributed by atoms with Gasteiger partial charge in [0.25, 0.3) is 17.5 Å². The van der Waals surface area contributed by atoms with E-state index in [4.69, 9.17) is 0 Å². The van der Waals surface area contributed by atoms with Gasteiger partial charge < -0.3 is 15.5 Å². The van der Waals surface area contributed by atoms with Crippen LogP contribution in [-0.4, -0.2) is 36.9 Å². The van der Waals surface area contributed by atoms with Crippen LogP contribution < -0.4 is 15.5 Å². The lowest BCUT2D eigenvalue weighted by molar-refractivity contribution is -0.862. The highest BCUT2D eigenvalue weighted by molar-refractivity contribution is 5.94. The first-order valence-corrected chi connectivity index (χ1v) is 8.38. The topological polar surface area (TPSA) is 106 Å². The van der Waals surface area contributed by atoms with Crippen LogP contribution >= 0.6 is 0 Å². The monoisotopic (exact) mass is 411 g/mol. The predicted molar refractivity (Wildman–Crippen MR) is 98.4 cm³/mol. The summed E-state index contributed by atoms with van der Waals surface area (Å²) in [5.41, 5.74) is -1.61. The third-order valence-electron chi connectivity index (χ3n) is 3.81. The van der Waals surface area contributed by atoms with E-state index >= 15 is 0 Å². The van der Waals surface area contributed by atoms with Crippen molar-refractivity contribution < 1.29 is 32.6 Å². The summed E-state index contributed by atoms with van der Waals surface area (Å²) in [5, 5.41) is 15.5. The number of quaternary nitrogens is 1. The molecule has 29 heavy (non-hydrogen) atoms. The Bertz CT molecular complexity index is 918. The second-order valence-electron chi connectivity index (χ2n) is 6.22. The van der Waals surface area contributed by atoms with E-state index in [-0.39, 0.29) is 30.2 Å². The summed E-state index contributed by atoms with van der Waals surface area (Å²) in [6.07, 6.45) is -4.62. The third-order valence-corrected chi connectivity index (χ3v) is 3.81. The van der Waals surface area contributed by atoms with Crippen LogP contribution in [0.2, 0.25) is 0 Å². The van der Waals surface area contributed by atoms with Gasteiger partial charge in [0.05, 0.1) is 23.2 Å². The van der Waals surface area contributed by atoms with Gasteiger partial charge in [0.15, 0.2) is 13.1 Å². The minimum absolute atomic E-state index is 0.0128. The summed E-state index contributed by atoms with van der Waals surface area (Å²) in [5.74, 6) is -1.29. The van der Waals surface area contributed by atoms with Crippen molar-refractivity contribution in [2.24, 2.45) is 0 Å². The number of anilines is 2. The molecule has 11 heteroatoms. The molecule has 2 rings (SSSR count). The molecule has 2 amide bonds. The second kappa shape index (κ2) is 9.15. The van der Waals surface area contributed by atoms with Gasteiger partial charge in [-0.25, -0.2) is 0 Å². The number of hydrogen-bond donors (Lipinski definition) is 3. The Hall–Kier alpha value is -3.47. The second-order valence-corrected chi connectivity index (χ2v) is 6.22. The van der Waals surface area contributed by atoms with Gasteiger partial charge in [-0.2, -0.15) is 13.2 Å². The molecule has 154 valence electrons. The number of hydrogen-bond acceptors (Lipinski definition) is 4. The molecule has 3 N–H and O–H groups in total. The average Bonchev–Trinajstić information content (AvgIpc) is 2.61. The maximum Gasteiger partial charge on any atom is 0.418 e. The minimum atomic E-state index is -4.62. The maximum absolute atomic E-state index is 13.0. The number of likely N-dealkylation sites (N-methyl/N-ethyl adjacent to an activating group) is 1. The number of benzene rings is 2. The Morgan fingerprint density at radius 2 is 1.45 bits per heavy atom. The molecule has 2 aromatic carbocycles. The zero-order chi connectivity index (χ0) is 21.6. The van der Waals surface area contributed by atoms with E-state index in [2.05, 4.69) is 10.6 Å². The molecule has 0 bridgehead atoms. The summed E-state index contributed by atoms with van der Waals surface area (Å²) in [6.45, 7) is -0.503. The first kappa shape index (κ1) is 21.8. The van der Waals surface area contributed by atoms with Gasteiger partial charge in [-0.05, 0) is 18.2 Å². The minimum Gasteiger partial charge on any atom is -0.322 e. The first-order valence-electron chi connectivity index (χ1n) is 8.38. The van der Waals surface area contributed by atoms with E-state index in [1.54, 1.807) is 0 Å². The Balaban J connectivity index is 1.94. The number of nitrogens with zero attached hydrogens (tertiary/aromatic N) is 1. The lowest BCUT2D eigenvalue weighted by atomic mass is 10.1. The number of alkyl halides is 3. The van der Waals surface area contributed by atoms with Crippen LogP contribution in [-0.2, 0) is 15.8 Å². The van der Waals surface area contributed by atoms with Crippen LogP contribution in [0.5, 0.6) is 0 Å². The molecule has 0 aliphatic rings. The molecule has 0 saturated carbocycles. The number of para-hydroxylation sites is 3. The molecule has 1 atom stereocenters. The van der Waals surface area contributed by atoms with Crippen LogP contribution in [0.15, 0.2) is 48.5 Å². The molecule has 8 nitrogen and oxygen atoms in total. The fourth-order valence-electron chi connectivity index (χ4n) is 2.58. The van der Waals surface area contributed by atoms with Gasteiger partial charge in [0.2, 0.25) is 0 Å². The van der Waals surface area contributed by atoms with Gasteiger partial charge in [0, 0.05) is 6.07 Å². The molecule has 0 aromatic heterocycles. The van der Waals surface area contributed by atoms with Crippen LogP contribution in [0.25, 0.3) is 0 Å². The number of amides is 2. The SMILES string of the molecule is C[NH+](CC(=O)Nc1ccccc1[N+](=O)[O-])CC(=O)Nc1ccccc1C(F)(F)F. The number of nitro benzene ring substituents is 1. The number of rotatable bonds is 7. The highest BCUT2D eigenvalue weighted by atomic mass is 19.4. The Morgan fingerprint density at radius 1 is 0.966 bits per heavy atom. The fraction of sp³-hybridized carbons (Fsp3) is 0.222. The average molecular weight is 411 g/mol. The van der Waals surface area contributed by atoms with Gasteiger partial charge >= 0.3 is 6.18 Å². The maximum atomic E-state index is 13.0. The van der Waals surface area contributed by atoms with Gasteiger partial charge in [0.1, 0.15) is 5.69 Å². The standard InChI is InChI=1S/C18H17F3N4O4/c1-24(11-17(27)23-14-8-4-5-9-15(14)25(28)29)10-16(26)22-13-7-3-2-6-12(13)18(19,20)21/h2-9H,10-11H2,1H3,(H,22,26)(H,23,27)/p+1. The van der Waals surface area contributed by atoms with Crippen LogP contribution in [0, 0.1) is 10.1 Å². The van der Waals surface area contributed by atoms with Crippen molar-refractivity contribution in [2.45, 2.75) is 6.18 Å². The third kappa shape index (κ3) is 6.28. The van der Waals surface area contributed by atoms with Gasteiger partial charge in [-0.3, -0.25) is 19.7 Å². The normalized spacial score (nSPS) is 12.1. The summed E-state index contributed by atoms with van der Waals surface area (Å²) in [6, 6.07) is 10.1. The van der Waals surface area contributed by atoms with Crippen molar-refractivity contribution >= 4 is 28.9 Å². The number of halogens is 3. The van der Waals surface area contributed by atoms with E-state index < -0.39 is 28.5 Å². The van der Waals surface area contributed by atoms with Crippen molar-refractivity contribution in [3.05, 3.63) is 64.2 Å². The quantitative estimate of drug-likeness (QED) is 0.476. The van der Waals surface area contributed by atoms with E-state index in [1.165, 1.54) is 43.4 Å². The van der Waals surface area contributed by atoms with Crippen molar-refractivity contribution in [2.75, 3.05) is 30.8 Å². The summed E-state index contributed by atoms with van der Waals surface area (Å²) in [4.78, 5) is 34.8. The number of nitrogens with one attached hydrogen (secondary N) is 3. The summed E-state index contributed by atoms with van der Waals surface area (Å²) in [7, 11) is 1.49. The number of carbonyl (C=O) groups excluding carboxylic acids is 2. The fourth-order valence-corrected chi connectivity index (χ4v) is 2.58. The highest BCUT2D eigenvalue weighted by Gasteiger charge is 2.33. The Kier molecular flexibility index (Phi) is 6.89. The van der Waals surface area contributed by atoms with Crippen LogP contribution in [0.1, 0.15) is 5.56 Å². The molecule has 0 aliphatic heterocycles. The molecule has 1 unspecified atom stereocenters. The molecule has 0 spiro atoms. The van der Waals surface area contributed by atoms with Gasteiger partial charge in [-0.1, -0.05) is 24.3 Å².